The van der Waals surface area contributed by atoms with E-state index in [9.17, 15) is 19.5 Å². The lowest BCUT2D eigenvalue weighted by Crippen LogP contribution is -2.47. The maximum Gasteiger partial charge on any atom is 0.326 e. The Hall–Kier alpha value is -2.41. The molecule has 0 aliphatic heterocycles. The Kier molecular flexibility index (Phi) is 8.49. The van der Waals surface area contributed by atoms with Gasteiger partial charge in [-0.1, -0.05) is 37.3 Å². The van der Waals surface area contributed by atoms with Gasteiger partial charge in [-0.25, -0.2) is 4.79 Å². The minimum Gasteiger partial charge on any atom is -0.480 e. The molecule has 0 aliphatic rings. The third-order valence-electron chi connectivity index (χ3n) is 3.29. The first-order valence-corrected chi connectivity index (χ1v) is 7.73. The van der Waals surface area contributed by atoms with Gasteiger partial charge in [0, 0.05) is 0 Å². The fourth-order valence-corrected chi connectivity index (χ4v) is 2.10. The van der Waals surface area contributed by atoms with Gasteiger partial charge in [-0.3, -0.25) is 9.59 Å². The monoisotopic (exact) mass is 337 g/mol. The summed E-state index contributed by atoms with van der Waals surface area (Å²) in [6, 6.07) is 8.13. The number of aliphatic carboxylic acids is 1. The Labute approximate surface area is 141 Å². The van der Waals surface area contributed by atoms with Crippen LogP contribution < -0.4 is 5.32 Å². The van der Waals surface area contributed by atoms with Crippen LogP contribution in [-0.4, -0.2) is 42.2 Å². The molecule has 1 rings (SSSR count). The summed E-state index contributed by atoms with van der Waals surface area (Å²) in [6.07, 6.45) is -0.0873. The van der Waals surface area contributed by atoms with E-state index in [2.05, 4.69) is 5.32 Å². The molecule has 0 spiro atoms. The Morgan fingerprint density at radius 2 is 1.88 bits per heavy atom. The van der Waals surface area contributed by atoms with Crippen LogP contribution in [0.4, 0.5) is 0 Å². The summed E-state index contributed by atoms with van der Waals surface area (Å²) in [5, 5.41) is 11.6. The van der Waals surface area contributed by atoms with Crippen LogP contribution in [0.1, 0.15) is 25.8 Å². The van der Waals surface area contributed by atoms with E-state index in [0.717, 1.165) is 5.56 Å². The van der Waals surface area contributed by atoms with E-state index < -0.39 is 29.8 Å². The van der Waals surface area contributed by atoms with Crippen molar-refractivity contribution in [3.8, 4) is 0 Å². The van der Waals surface area contributed by atoms with Gasteiger partial charge in [0.25, 0.3) is 0 Å². The molecular weight excluding hydrogens is 314 g/mol. The molecule has 0 unspecified atom stereocenters. The van der Waals surface area contributed by atoms with Crippen molar-refractivity contribution in [2.45, 2.75) is 32.9 Å². The third kappa shape index (κ3) is 7.23. The van der Waals surface area contributed by atoms with Crippen molar-refractivity contribution in [3.63, 3.8) is 0 Å². The van der Waals surface area contributed by atoms with E-state index >= 15 is 0 Å². The van der Waals surface area contributed by atoms with Crippen LogP contribution in [0.3, 0.4) is 0 Å². The first-order valence-electron chi connectivity index (χ1n) is 7.73. The number of carboxylic acids is 1. The summed E-state index contributed by atoms with van der Waals surface area (Å²) in [5.74, 6) is -2.84. The van der Waals surface area contributed by atoms with E-state index in [-0.39, 0.29) is 26.2 Å². The first kappa shape index (κ1) is 19.6. The molecule has 24 heavy (non-hydrogen) atoms. The van der Waals surface area contributed by atoms with Crippen LogP contribution in [0.15, 0.2) is 30.3 Å². The van der Waals surface area contributed by atoms with Crippen molar-refractivity contribution >= 4 is 17.8 Å². The summed E-state index contributed by atoms with van der Waals surface area (Å²) in [5.41, 5.74) is 0.913. The number of carbonyl (C=O) groups is 3. The quantitative estimate of drug-likeness (QED) is 0.625. The summed E-state index contributed by atoms with van der Waals surface area (Å²) in [7, 11) is 0. The van der Waals surface area contributed by atoms with Crippen LogP contribution in [-0.2, 0) is 30.5 Å². The fraction of sp³-hybridized carbons (Fsp3) is 0.471. The smallest absolute Gasteiger partial charge is 0.326 e. The second kappa shape index (κ2) is 10.4. The zero-order valence-electron chi connectivity index (χ0n) is 13.9. The highest BCUT2D eigenvalue weighted by Gasteiger charge is 2.28. The van der Waals surface area contributed by atoms with Gasteiger partial charge in [-0.2, -0.15) is 0 Å². The predicted molar refractivity (Wildman–Crippen MR) is 86.1 cm³/mol. The minimum absolute atomic E-state index is 0.0873. The van der Waals surface area contributed by atoms with E-state index in [1.165, 1.54) is 0 Å². The molecule has 0 aromatic heterocycles. The van der Waals surface area contributed by atoms with Crippen LogP contribution in [0.2, 0.25) is 0 Å². The molecule has 1 aromatic rings. The standard InChI is InChI=1S/C17H23NO6/c1-3-24-15(20)9-12(2)16(17(21)22)18-14(19)11-23-10-13-7-5-4-6-8-13/h4-8,12,16H,3,9-11H2,1-2H3,(H,18,19)(H,21,22)/t12-,16-/m0/s1. The SMILES string of the molecule is CCOC(=O)C[C@H](C)[C@H](NC(=O)COCc1ccccc1)C(=O)O. The van der Waals surface area contributed by atoms with E-state index in [4.69, 9.17) is 9.47 Å². The van der Waals surface area contributed by atoms with E-state index in [1.807, 2.05) is 30.3 Å². The van der Waals surface area contributed by atoms with Gasteiger partial charge >= 0.3 is 11.9 Å². The largest absolute Gasteiger partial charge is 0.480 e. The van der Waals surface area contributed by atoms with Gasteiger partial charge < -0.3 is 19.9 Å². The Morgan fingerprint density at radius 3 is 2.46 bits per heavy atom. The van der Waals surface area contributed by atoms with Crippen LogP contribution >= 0.6 is 0 Å². The van der Waals surface area contributed by atoms with Crippen molar-refractivity contribution in [1.82, 2.24) is 5.32 Å². The molecular formula is C17H23NO6. The highest BCUT2D eigenvalue weighted by molar-refractivity contribution is 5.85. The van der Waals surface area contributed by atoms with Crippen molar-refractivity contribution in [1.29, 1.82) is 0 Å². The number of ether oxygens (including phenoxy) is 2. The molecule has 0 fully saturated rings. The molecule has 0 heterocycles. The molecule has 7 heteroatoms. The Morgan fingerprint density at radius 1 is 1.21 bits per heavy atom. The van der Waals surface area contributed by atoms with Gasteiger partial charge in [0.05, 0.1) is 19.6 Å². The normalized spacial score (nSPS) is 12.9. The van der Waals surface area contributed by atoms with Gasteiger partial charge in [0.1, 0.15) is 12.6 Å². The maximum absolute atomic E-state index is 11.8. The topological polar surface area (TPSA) is 102 Å². The molecule has 0 saturated heterocycles. The predicted octanol–water partition coefficient (Wildman–Crippen LogP) is 1.36. The summed E-state index contributed by atoms with van der Waals surface area (Å²) in [4.78, 5) is 34.6. The number of hydrogen-bond donors (Lipinski definition) is 2. The van der Waals surface area contributed by atoms with Crippen LogP contribution in [0.5, 0.6) is 0 Å². The van der Waals surface area contributed by atoms with Crippen molar-refractivity contribution < 1.29 is 29.0 Å². The number of esters is 1. The third-order valence-corrected chi connectivity index (χ3v) is 3.29. The number of carboxylic acid groups (broad SMARTS) is 1. The lowest BCUT2D eigenvalue weighted by atomic mass is 9.98. The van der Waals surface area contributed by atoms with Crippen LogP contribution in [0.25, 0.3) is 0 Å². The van der Waals surface area contributed by atoms with Crippen molar-refractivity contribution in [2.24, 2.45) is 5.92 Å². The lowest BCUT2D eigenvalue weighted by Gasteiger charge is -2.20. The first-order chi connectivity index (χ1) is 11.4. The molecule has 1 aromatic carbocycles. The van der Waals surface area contributed by atoms with Crippen LogP contribution in [0, 0.1) is 5.92 Å². The number of carbonyl (C=O) groups excluding carboxylic acids is 2. The number of benzene rings is 1. The molecule has 0 radical (unpaired) electrons. The van der Waals surface area contributed by atoms with E-state index in [1.54, 1.807) is 13.8 Å². The maximum atomic E-state index is 11.8. The zero-order chi connectivity index (χ0) is 17.9. The average Bonchev–Trinajstić information content (AvgIpc) is 2.53. The second-order valence-corrected chi connectivity index (χ2v) is 5.35. The summed E-state index contributed by atoms with van der Waals surface area (Å²) < 4.78 is 10.1. The number of nitrogens with one attached hydrogen (secondary N) is 1. The average molecular weight is 337 g/mol. The van der Waals surface area contributed by atoms with Gasteiger partial charge in [0.15, 0.2) is 0 Å². The second-order valence-electron chi connectivity index (χ2n) is 5.35. The molecule has 132 valence electrons. The van der Waals surface area contributed by atoms with Gasteiger partial charge in [-0.15, -0.1) is 0 Å². The Balaban J connectivity index is 2.44. The van der Waals surface area contributed by atoms with Gasteiger partial charge in [-0.05, 0) is 18.4 Å². The summed E-state index contributed by atoms with van der Waals surface area (Å²) in [6.45, 7) is 3.46. The minimum atomic E-state index is -1.21. The lowest BCUT2D eigenvalue weighted by molar-refractivity contribution is -0.147. The number of amides is 1. The molecule has 0 aliphatic carbocycles. The molecule has 2 atom stereocenters. The van der Waals surface area contributed by atoms with Crippen molar-refractivity contribution in [2.75, 3.05) is 13.2 Å². The summed E-state index contributed by atoms with van der Waals surface area (Å²) >= 11 is 0. The van der Waals surface area contributed by atoms with Gasteiger partial charge in [0.2, 0.25) is 5.91 Å². The fourth-order valence-electron chi connectivity index (χ4n) is 2.10. The number of rotatable bonds is 10. The molecule has 0 saturated carbocycles. The zero-order valence-corrected chi connectivity index (χ0v) is 13.9. The van der Waals surface area contributed by atoms with Crippen molar-refractivity contribution in [3.05, 3.63) is 35.9 Å². The molecule has 1 amide bonds. The highest BCUT2D eigenvalue weighted by Crippen LogP contribution is 2.10. The molecule has 7 nitrogen and oxygen atoms in total. The Bertz CT molecular complexity index is 545. The number of hydrogen-bond acceptors (Lipinski definition) is 5. The molecule has 2 N–H and O–H groups in total. The molecule has 0 bridgehead atoms. The highest BCUT2D eigenvalue weighted by atomic mass is 16.5. The van der Waals surface area contributed by atoms with E-state index in [0.29, 0.717) is 0 Å².